The first-order valence-corrected chi connectivity index (χ1v) is 6.70. The quantitative estimate of drug-likeness (QED) is 0.825. The molecule has 3 nitrogen and oxygen atoms in total. The number of carbonyl (C=O) groups is 1. The van der Waals surface area contributed by atoms with Crippen LogP contribution in [0.15, 0.2) is 40.9 Å². The largest absolute Gasteiger partial charge is 0.398 e. The van der Waals surface area contributed by atoms with Crippen molar-refractivity contribution in [3.63, 3.8) is 0 Å². The van der Waals surface area contributed by atoms with Gasteiger partial charge in [-0.1, -0.05) is 22.0 Å². The Morgan fingerprint density at radius 3 is 2.63 bits per heavy atom. The van der Waals surface area contributed by atoms with Gasteiger partial charge < -0.3 is 11.1 Å². The zero-order valence-electron chi connectivity index (χ0n) is 10.8. The number of anilines is 2. The van der Waals surface area contributed by atoms with E-state index in [2.05, 4.69) is 21.2 Å². The molecule has 19 heavy (non-hydrogen) atoms. The van der Waals surface area contributed by atoms with Gasteiger partial charge in [-0.15, -0.1) is 0 Å². The van der Waals surface area contributed by atoms with E-state index in [4.69, 9.17) is 5.73 Å². The van der Waals surface area contributed by atoms with Crippen LogP contribution in [0.25, 0.3) is 0 Å². The fourth-order valence-corrected chi connectivity index (χ4v) is 2.46. The molecule has 0 saturated heterocycles. The van der Waals surface area contributed by atoms with E-state index in [9.17, 15) is 4.79 Å². The molecule has 1 amide bonds. The lowest BCUT2D eigenvalue weighted by Crippen LogP contribution is -2.13. The van der Waals surface area contributed by atoms with Crippen molar-refractivity contribution in [3.05, 3.63) is 57.6 Å². The lowest BCUT2D eigenvalue weighted by atomic mass is 10.1. The topological polar surface area (TPSA) is 55.1 Å². The molecule has 2 aromatic rings. The van der Waals surface area contributed by atoms with Crippen LogP contribution in [-0.2, 0) is 0 Å². The summed E-state index contributed by atoms with van der Waals surface area (Å²) >= 11 is 3.39. The van der Waals surface area contributed by atoms with Gasteiger partial charge in [-0.05, 0) is 55.3 Å². The van der Waals surface area contributed by atoms with Crippen LogP contribution in [-0.4, -0.2) is 5.91 Å². The molecule has 3 N–H and O–H groups in total. The minimum absolute atomic E-state index is 0.141. The molecule has 98 valence electrons. The zero-order chi connectivity index (χ0) is 14.0. The van der Waals surface area contributed by atoms with E-state index in [0.29, 0.717) is 11.3 Å². The van der Waals surface area contributed by atoms with Crippen LogP contribution in [0.5, 0.6) is 0 Å². The number of hydrogen-bond acceptors (Lipinski definition) is 2. The number of aryl methyl sites for hydroxylation is 1. The van der Waals surface area contributed by atoms with Gasteiger partial charge in [-0.2, -0.15) is 0 Å². The molecule has 0 saturated carbocycles. The summed E-state index contributed by atoms with van der Waals surface area (Å²) in [7, 11) is 0. The summed E-state index contributed by atoms with van der Waals surface area (Å²) < 4.78 is 0.891. The molecule has 2 aromatic carbocycles. The fraction of sp³-hybridized carbons (Fsp3) is 0.133. The second kappa shape index (κ2) is 5.45. The number of carbonyl (C=O) groups excluding carboxylic acids is 1. The molecule has 0 aliphatic rings. The Balaban J connectivity index is 2.28. The number of benzene rings is 2. The van der Waals surface area contributed by atoms with E-state index in [-0.39, 0.29) is 5.91 Å². The first kappa shape index (κ1) is 13.6. The van der Waals surface area contributed by atoms with Crippen molar-refractivity contribution in [3.8, 4) is 0 Å². The highest BCUT2D eigenvalue weighted by molar-refractivity contribution is 9.10. The molecular weight excluding hydrogens is 304 g/mol. The zero-order valence-corrected chi connectivity index (χ0v) is 12.4. The summed E-state index contributed by atoms with van der Waals surface area (Å²) in [5, 5.41) is 2.88. The van der Waals surface area contributed by atoms with Crippen molar-refractivity contribution in [2.45, 2.75) is 13.8 Å². The predicted octanol–water partition coefficient (Wildman–Crippen LogP) is 3.90. The van der Waals surface area contributed by atoms with E-state index < -0.39 is 0 Å². The van der Waals surface area contributed by atoms with Crippen LogP contribution in [0.3, 0.4) is 0 Å². The van der Waals surface area contributed by atoms with Gasteiger partial charge in [0.05, 0.1) is 0 Å². The normalized spacial score (nSPS) is 10.3. The van der Waals surface area contributed by atoms with E-state index in [1.54, 1.807) is 6.07 Å². The summed E-state index contributed by atoms with van der Waals surface area (Å²) in [5.41, 5.74) is 9.76. The van der Waals surface area contributed by atoms with Crippen molar-refractivity contribution in [2.24, 2.45) is 0 Å². The summed E-state index contributed by atoms with van der Waals surface area (Å²) in [6.45, 7) is 3.84. The maximum absolute atomic E-state index is 12.2. The van der Waals surface area contributed by atoms with Gasteiger partial charge in [0.15, 0.2) is 0 Å². The van der Waals surface area contributed by atoms with Crippen molar-refractivity contribution in [1.82, 2.24) is 0 Å². The third-order valence-corrected chi connectivity index (χ3v) is 3.39. The average molecular weight is 319 g/mol. The minimum Gasteiger partial charge on any atom is -0.398 e. The molecule has 0 radical (unpaired) electrons. The lowest BCUT2D eigenvalue weighted by Gasteiger charge is -2.10. The maximum Gasteiger partial charge on any atom is 0.255 e. The number of amides is 1. The van der Waals surface area contributed by atoms with Gasteiger partial charge in [0.2, 0.25) is 0 Å². The van der Waals surface area contributed by atoms with Crippen molar-refractivity contribution >= 4 is 33.2 Å². The van der Waals surface area contributed by atoms with Gasteiger partial charge in [0.1, 0.15) is 0 Å². The lowest BCUT2D eigenvalue weighted by molar-refractivity contribution is 0.102. The molecule has 0 aromatic heterocycles. The standard InChI is InChI=1S/C15H15BrN2O/c1-9-6-11(8-12(16)7-9)15(19)18-14-5-3-4-13(17)10(14)2/h3-8H,17H2,1-2H3,(H,18,19). The molecular formula is C15H15BrN2O. The summed E-state index contributed by atoms with van der Waals surface area (Å²) in [6.07, 6.45) is 0. The van der Waals surface area contributed by atoms with E-state index in [0.717, 1.165) is 21.3 Å². The second-order valence-electron chi connectivity index (χ2n) is 4.49. The Morgan fingerprint density at radius 1 is 1.21 bits per heavy atom. The predicted molar refractivity (Wildman–Crippen MR) is 82.4 cm³/mol. The molecule has 0 bridgehead atoms. The number of nitrogens with two attached hydrogens (primary N) is 1. The molecule has 0 heterocycles. The smallest absolute Gasteiger partial charge is 0.255 e. The van der Waals surface area contributed by atoms with Gasteiger partial charge in [0, 0.05) is 21.4 Å². The molecule has 0 unspecified atom stereocenters. The van der Waals surface area contributed by atoms with Gasteiger partial charge in [-0.25, -0.2) is 0 Å². The Labute approximate surface area is 121 Å². The fourth-order valence-electron chi connectivity index (χ4n) is 1.85. The molecule has 0 spiro atoms. The van der Waals surface area contributed by atoms with Crippen LogP contribution >= 0.6 is 15.9 Å². The molecule has 0 aliphatic carbocycles. The van der Waals surface area contributed by atoms with E-state index in [1.807, 2.05) is 44.2 Å². The van der Waals surface area contributed by atoms with Gasteiger partial charge >= 0.3 is 0 Å². The number of halogens is 1. The highest BCUT2D eigenvalue weighted by atomic mass is 79.9. The first-order valence-electron chi connectivity index (χ1n) is 5.91. The van der Waals surface area contributed by atoms with Crippen molar-refractivity contribution < 1.29 is 4.79 Å². The van der Waals surface area contributed by atoms with Crippen LogP contribution in [0.1, 0.15) is 21.5 Å². The Bertz CT molecular complexity index is 618. The Hall–Kier alpha value is -1.81. The molecule has 0 fully saturated rings. The number of nitrogens with one attached hydrogen (secondary N) is 1. The van der Waals surface area contributed by atoms with Crippen molar-refractivity contribution in [2.75, 3.05) is 11.1 Å². The molecule has 4 heteroatoms. The van der Waals surface area contributed by atoms with Gasteiger partial charge in [0.25, 0.3) is 5.91 Å². The molecule has 0 atom stereocenters. The highest BCUT2D eigenvalue weighted by Gasteiger charge is 2.09. The average Bonchev–Trinajstić information content (AvgIpc) is 2.33. The monoisotopic (exact) mass is 318 g/mol. The van der Waals surface area contributed by atoms with Crippen LogP contribution < -0.4 is 11.1 Å². The summed E-state index contributed by atoms with van der Waals surface area (Å²) in [4.78, 5) is 12.2. The number of nitrogen functional groups attached to an aromatic ring is 1. The van der Waals surface area contributed by atoms with Crippen LogP contribution in [0.4, 0.5) is 11.4 Å². The molecule has 2 rings (SSSR count). The number of rotatable bonds is 2. The number of hydrogen-bond donors (Lipinski definition) is 2. The summed E-state index contributed by atoms with van der Waals surface area (Å²) in [6, 6.07) is 11.1. The maximum atomic E-state index is 12.2. The SMILES string of the molecule is Cc1cc(Br)cc(C(=O)Nc2cccc(N)c2C)c1. The van der Waals surface area contributed by atoms with Gasteiger partial charge in [-0.3, -0.25) is 4.79 Å². The van der Waals surface area contributed by atoms with E-state index >= 15 is 0 Å². The Kier molecular flexibility index (Phi) is 3.90. The van der Waals surface area contributed by atoms with Crippen LogP contribution in [0.2, 0.25) is 0 Å². The minimum atomic E-state index is -0.141. The van der Waals surface area contributed by atoms with Crippen molar-refractivity contribution in [1.29, 1.82) is 0 Å². The third-order valence-electron chi connectivity index (χ3n) is 2.93. The molecule has 0 aliphatic heterocycles. The van der Waals surface area contributed by atoms with E-state index in [1.165, 1.54) is 0 Å². The summed E-state index contributed by atoms with van der Waals surface area (Å²) in [5.74, 6) is -0.141. The Morgan fingerprint density at radius 2 is 1.95 bits per heavy atom. The highest BCUT2D eigenvalue weighted by Crippen LogP contribution is 2.22. The second-order valence-corrected chi connectivity index (χ2v) is 5.41. The third kappa shape index (κ3) is 3.15. The van der Waals surface area contributed by atoms with Crippen LogP contribution in [0, 0.1) is 13.8 Å². The first-order chi connectivity index (χ1) is 8.97.